The molecular formula is C26H32N2O3. The summed E-state index contributed by atoms with van der Waals surface area (Å²) in [6.45, 7) is 7.28. The summed E-state index contributed by atoms with van der Waals surface area (Å²) in [5.41, 5.74) is 6.42. The maximum absolute atomic E-state index is 5.67. The van der Waals surface area contributed by atoms with E-state index in [4.69, 9.17) is 14.2 Å². The number of hydrogen-bond acceptors (Lipinski definition) is 4. The molecular weight excluding hydrogens is 388 g/mol. The van der Waals surface area contributed by atoms with Crippen LogP contribution in [0.25, 0.3) is 0 Å². The van der Waals surface area contributed by atoms with Gasteiger partial charge in [-0.15, -0.1) is 0 Å². The van der Waals surface area contributed by atoms with Gasteiger partial charge in [0.1, 0.15) is 0 Å². The molecule has 3 aromatic rings. The SMILES string of the molecule is COc1cc([C@H]2c3cccn3CCCN2Cc2cc(C)ccc2C)cc(OC)c1OC. The fourth-order valence-electron chi connectivity index (χ4n) is 4.64. The van der Waals surface area contributed by atoms with Gasteiger partial charge in [0.2, 0.25) is 5.75 Å². The van der Waals surface area contributed by atoms with Crippen molar-refractivity contribution in [2.45, 2.75) is 39.4 Å². The standard InChI is InChI=1S/C26H32N2O3/c1-18-9-10-19(2)21(14-18)17-28-13-7-12-27-11-6-8-22(27)25(28)20-15-23(29-3)26(31-5)24(16-20)30-4/h6,8-11,14-16,25H,7,12-13,17H2,1-5H3/t25-/m0/s1. The van der Waals surface area contributed by atoms with Crippen molar-refractivity contribution in [3.63, 3.8) is 0 Å². The first-order valence-corrected chi connectivity index (χ1v) is 10.8. The number of ether oxygens (including phenoxy) is 3. The molecule has 4 rings (SSSR count). The number of methoxy groups -OCH3 is 3. The lowest BCUT2D eigenvalue weighted by molar-refractivity contribution is 0.218. The Kier molecular flexibility index (Phi) is 6.23. The zero-order valence-corrected chi connectivity index (χ0v) is 19.1. The highest BCUT2D eigenvalue weighted by atomic mass is 16.5. The molecule has 0 unspecified atom stereocenters. The van der Waals surface area contributed by atoms with E-state index in [0.29, 0.717) is 17.2 Å². The zero-order valence-electron chi connectivity index (χ0n) is 19.1. The Hall–Kier alpha value is -2.92. The monoisotopic (exact) mass is 420 g/mol. The second-order valence-electron chi connectivity index (χ2n) is 8.24. The number of hydrogen-bond donors (Lipinski definition) is 0. The number of benzene rings is 2. The van der Waals surface area contributed by atoms with Gasteiger partial charge in [-0.05, 0) is 61.2 Å². The lowest BCUT2D eigenvalue weighted by Crippen LogP contribution is -2.30. The number of rotatable bonds is 6. The van der Waals surface area contributed by atoms with Gasteiger partial charge in [-0.1, -0.05) is 23.8 Å². The fraction of sp³-hybridized carbons (Fsp3) is 0.385. The molecule has 2 aromatic carbocycles. The van der Waals surface area contributed by atoms with Gasteiger partial charge in [0.25, 0.3) is 0 Å². The van der Waals surface area contributed by atoms with E-state index in [9.17, 15) is 0 Å². The second kappa shape index (κ2) is 9.06. The summed E-state index contributed by atoms with van der Waals surface area (Å²) >= 11 is 0. The van der Waals surface area contributed by atoms with E-state index in [0.717, 1.165) is 31.6 Å². The maximum atomic E-state index is 5.67. The fourth-order valence-corrected chi connectivity index (χ4v) is 4.64. The third kappa shape index (κ3) is 4.15. The van der Waals surface area contributed by atoms with Crippen LogP contribution in [0.3, 0.4) is 0 Å². The Balaban J connectivity index is 1.83. The number of aromatic nitrogens is 1. The topological polar surface area (TPSA) is 35.9 Å². The molecule has 1 aliphatic heterocycles. The minimum Gasteiger partial charge on any atom is -0.493 e. The lowest BCUT2D eigenvalue weighted by atomic mass is 9.98. The maximum Gasteiger partial charge on any atom is 0.203 e. The molecule has 1 aliphatic rings. The van der Waals surface area contributed by atoms with Crippen LogP contribution in [-0.2, 0) is 13.1 Å². The van der Waals surface area contributed by atoms with Crippen molar-refractivity contribution >= 4 is 0 Å². The molecule has 0 N–H and O–H groups in total. The Morgan fingerprint density at radius 3 is 2.32 bits per heavy atom. The molecule has 0 bridgehead atoms. The van der Waals surface area contributed by atoms with Crippen molar-refractivity contribution in [1.82, 2.24) is 9.47 Å². The van der Waals surface area contributed by atoms with Gasteiger partial charge in [0, 0.05) is 31.5 Å². The minimum absolute atomic E-state index is 0.0890. The highest BCUT2D eigenvalue weighted by molar-refractivity contribution is 5.55. The summed E-state index contributed by atoms with van der Waals surface area (Å²) in [6.07, 6.45) is 3.29. The van der Waals surface area contributed by atoms with Crippen molar-refractivity contribution in [3.8, 4) is 17.2 Å². The smallest absolute Gasteiger partial charge is 0.203 e. The van der Waals surface area contributed by atoms with E-state index in [-0.39, 0.29) is 6.04 Å². The van der Waals surface area contributed by atoms with E-state index >= 15 is 0 Å². The van der Waals surface area contributed by atoms with E-state index in [2.05, 4.69) is 72.0 Å². The Labute approximate surface area is 185 Å². The molecule has 5 heteroatoms. The Morgan fingerprint density at radius 1 is 0.903 bits per heavy atom. The third-order valence-corrected chi connectivity index (χ3v) is 6.24. The molecule has 0 saturated carbocycles. The minimum atomic E-state index is 0.0890. The Bertz CT molecular complexity index is 1030. The first kappa shape index (κ1) is 21.3. The first-order valence-electron chi connectivity index (χ1n) is 10.8. The van der Waals surface area contributed by atoms with Gasteiger partial charge in [-0.2, -0.15) is 0 Å². The molecule has 31 heavy (non-hydrogen) atoms. The van der Waals surface area contributed by atoms with E-state index in [1.165, 1.54) is 22.4 Å². The molecule has 5 nitrogen and oxygen atoms in total. The predicted molar refractivity (Wildman–Crippen MR) is 123 cm³/mol. The highest BCUT2D eigenvalue weighted by Crippen LogP contribution is 2.43. The number of aryl methyl sites for hydroxylation is 3. The van der Waals surface area contributed by atoms with Crippen LogP contribution in [0, 0.1) is 13.8 Å². The molecule has 164 valence electrons. The predicted octanol–water partition coefficient (Wildman–Crippen LogP) is 5.13. The lowest BCUT2D eigenvalue weighted by Gasteiger charge is -2.32. The second-order valence-corrected chi connectivity index (χ2v) is 8.24. The third-order valence-electron chi connectivity index (χ3n) is 6.24. The van der Waals surface area contributed by atoms with Crippen LogP contribution in [0.5, 0.6) is 17.2 Å². The summed E-state index contributed by atoms with van der Waals surface area (Å²) in [5, 5.41) is 0. The van der Waals surface area contributed by atoms with Gasteiger partial charge in [-0.3, -0.25) is 4.90 Å². The molecule has 0 saturated heterocycles. The van der Waals surface area contributed by atoms with Crippen LogP contribution in [0.15, 0.2) is 48.7 Å². The highest BCUT2D eigenvalue weighted by Gasteiger charge is 2.29. The summed E-state index contributed by atoms with van der Waals surface area (Å²) in [4.78, 5) is 2.57. The molecule has 0 radical (unpaired) electrons. The van der Waals surface area contributed by atoms with Crippen molar-refractivity contribution in [2.75, 3.05) is 27.9 Å². The summed E-state index contributed by atoms with van der Waals surface area (Å²) < 4.78 is 19.3. The Morgan fingerprint density at radius 2 is 1.65 bits per heavy atom. The van der Waals surface area contributed by atoms with Crippen LogP contribution in [-0.4, -0.2) is 37.3 Å². The van der Waals surface area contributed by atoms with Crippen molar-refractivity contribution in [1.29, 1.82) is 0 Å². The van der Waals surface area contributed by atoms with Gasteiger partial charge >= 0.3 is 0 Å². The van der Waals surface area contributed by atoms with Crippen LogP contribution in [0.4, 0.5) is 0 Å². The van der Waals surface area contributed by atoms with Crippen LogP contribution in [0.1, 0.15) is 40.4 Å². The number of nitrogens with zero attached hydrogens (tertiary/aromatic N) is 2. The average Bonchev–Trinajstić information content (AvgIpc) is 3.16. The molecule has 0 aliphatic carbocycles. The van der Waals surface area contributed by atoms with Crippen LogP contribution < -0.4 is 14.2 Å². The zero-order chi connectivity index (χ0) is 22.0. The van der Waals surface area contributed by atoms with Crippen LogP contribution >= 0.6 is 0 Å². The van der Waals surface area contributed by atoms with Gasteiger partial charge < -0.3 is 18.8 Å². The summed E-state index contributed by atoms with van der Waals surface area (Å²) in [6, 6.07) is 15.4. The van der Waals surface area contributed by atoms with Gasteiger partial charge in [-0.25, -0.2) is 0 Å². The van der Waals surface area contributed by atoms with E-state index in [1.807, 2.05) is 0 Å². The van der Waals surface area contributed by atoms with Crippen molar-refractivity contribution in [3.05, 3.63) is 76.6 Å². The molecule has 2 heterocycles. The molecule has 1 atom stereocenters. The first-order chi connectivity index (χ1) is 15.0. The summed E-state index contributed by atoms with van der Waals surface area (Å²) in [5.74, 6) is 2.00. The van der Waals surface area contributed by atoms with E-state index < -0.39 is 0 Å². The molecule has 1 aromatic heterocycles. The van der Waals surface area contributed by atoms with Gasteiger partial charge in [0.15, 0.2) is 11.5 Å². The normalized spacial score (nSPS) is 16.5. The average molecular weight is 421 g/mol. The molecule has 0 spiro atoms. The molecule has 0 amide bonds. The van der Waals surface area contributed by atoms with Gasteiger partial charge in [0.05, 0.1) is 27.4 Å². The van der Waals surface area contributed by atoms with Crippen molar-refractivity contribution in [2.24, 2.45) is 0 Å². The molecule has 0 fully saturated rings. The number of fused-ring (bicyclic) bond motifs is 1. The van der Waals surface area contributed by atoms with E-state index in [1.54, 1.807) is 21.3 Å². The largest absolute Gasteiger partial charge is 0.493 e. The summed E-state index contributed by atoms with van der Waals surface area (Å²) in [7, 11) is 4.99. The van der Waals surface area contributed by atoms with Crippen LogP contribution in [0.2, 0.25) is 0 Å². The van der Waals surface area contributed by atoms with Crippen molar-refractivity contribution < 1.29 is 14.2 Å². The quantitative estimate of drug-likeness (QED) is 0.554.